The molecule has 182 valence electrons. The van der Waals surface area contributed by atoms with Crippen LogP contribution >= 0.6 is 0 Å². The van der Waals surface area contributed by atoms with Crippen LogP contribution in [-0.4, -0.2) is 37.3 Å². The van der Waals surface area contributed by atoms with Gasteiger partial charge in [0.1, 0.15) is 28.5 Å². The van der Waals surface area contributed by atoms with E-state index in [1.165, 1.54) is 7.11 Å². The second kappa shape index (κ2) is 8.68. The van der Waals surface area contributed by atoms with Crippen LogP contribution in [0.2, 0.25) is 0 Å². The maximum atomic E-state index is 13.7. The van der Waals surface area contributed by atoms with Gasteiger partial charge in [0, 0.05) is 11.1 Å². The highest BCUT2D eigenvalue weighted by Crippen LogP contribution is 2.47. The Balaban J connectivity index is 1.63. The third-order valence-corrected chi connectivity index (χ3v) is 6.39. The van der Waals surface area contributed by atoms with E-state index in [-0.39, 0.29) is 5.91 Å². The maximum Gasteiger partial charge on any atom is 0.347 e. The van der Waals surface area contributed by atoms with Crippen LogP contribution in [0.25, 0.3) is 5.57 Å². The summed E-state index contributed by atoms with van der Waals surface area (Å²) in [6, 6.07) is 17.6. The fourth-order valence-corrected chi connectivity index (χ4v) is 4.80. The van der Waals surface area contributed by atoms with Crippen LogP contribution in [0.5, 0.6) is 17.2 Å². The Kier molecular flexibility index (Phi) is 5.63. The van der Waals surface area contributed by atoms with E-state index in [4.69, 9.17) is 19.2 Å². The smallest absolute Gasteiger partial charge is 0.347 e. The molecule has 0 bridgehead atoms. The molecule has 36 heavy (non-hydrogen) atoms. The molecule has 0 spiro atoms. The van der Waals surface area contributed by atoms with E-state index in [2.05, 4.69) is 0 Å². The first-order chi connectivity index (χ1) is 17.2. The Hall–Kier alpha value is -4.39. The molecule has 0 saturated heterocycles. The van der Waals surface area contributed by atoms with E-state index in [9.17, 15) is 9.59 Å². The average molecular weight is 483 g/mol. The third kappa shape index (κ3) is 3.82. The number of amides is 1. The number of esters is 1. The lowest BCUT2D eigenvalue weighted by molar-refractivity contribution is -0.112. The molecule has 3 aromatic rings. The van der Waals surface area contributed by atoms with Crippen molar-refractivity contribution >= 4 is 34.5 Å². The van der Waals surface area contributed by atoms with Crippen molar-refractivity contribution in [2.75, 3.05) is 19.1 Å². The van der Waals surface area contributed by atoms with Gasteiger partial charge in [-0.2, -0.15) is 0 Å². The largest absolute Gasteiger partial charge is 0.497 e. The number of hydrogen-bond donors (Lipinski definition) is 0. The van der Waals surface area contributed by atoms with Gasteiger partial charge in [-0.05, 0) is 74.9 Å². The zero-order valence-electron chi connectivity index (χ0n) is 20.8. The number of hydrogen-bond acceptors (Lipinski definition) is 6. The minimum atomic E-state index is -0.549. The minimum absolute atomic E-state index is 0.205. The van der Waals surface area contributed by atoms with Gasteiger partial charge in [0.05, 0.1) is 31.1 Å². The van der Waals surface area contributed by atoms with E-state index in [1.807, 2.05) is 26.8 Å². The fraction of sp³-hybridized carbons (Fsp3) is 0.207. The van der Waals surface area contributed by atoms with Crippen LogP contribution in [-0.2, 0) is 4.79 Å². The monoisotopic (exact) mass is 482 g/mol. The topological polar surface area (TPSA) is 77.4 Å². The van der Waals surface area contributed by atoms with Crippen LogP contribution in [0.4, 0.5) is 11.4 Å². The Morgan fingerprint density at radius 3 is 2.31 bits per heavy atom. The standard InChI is InChI=1S/C29H26N2O5/c1-17-16-29(2,3)31-26-22(17)14-20(36-28(33)21-8-6-7-9-24(21)35-5)15-23(26)25(27(31)32)30-18-10-12-19(34-4)13-11-18/h6-16H,1-5H3. The molecule has 0 aliphatic carbocycles. The molecule has 0 atom stereocenters. The Bertz CT molecular complexity index is 1450. The minimum Gasteiger partial charge on any atom is -0.497 e. The number of benzene rings is 3. The van der Waals surface area contributed by atoms with Crippen molar-refractivity contribution in [2.45, 2.75) is 26.3 Å². The predicted molar refractivity (Wildman–Crippen MR) is 139 cm³/mol. The lowest BCUT2D eigenvalue weighted by Crippen LogP contribution is -2.47. The Labute approximate surface area is 209 Å². The summed E-state index contributed by atoms with van der Waals surface area (Å²) < 4.78 is 16.3. The van der Waals surface area contributed by atoms with Crippen LogP contribution in [0.1, 0.15) is 42.3 Å². The molecule has 0 fully saturated rings. The van der Waals surface area contributed by atoms with Gasteiger partial charge in [-0.1, -0.05) is 18.2 Å². The summed E-state index contributed by atoms with van der Waals surface area (Å²) in [5, 5.41) is 0. The number of para-hydroxylation sites is 1. The summed E-state index contributed by atoms with van der Waals surface area (Å²) in [5.41, 5.74) is 3.88. The zero-order chi connectivity index (χ0) is 25.6. The van der Waals surface area contributed by atoms with Crippen LogP contribution in [0.15, 0.2) is 71.7 Å². The lowest BCUT2D eigenvalue weighted by Gasteiger charge is -2.38. The van der Waals surface area contributed by atoms with Crippen molar-refractivity contribution in [3.63, 3.8) is 0 Å². The number of nitrogens with zero attached hydrogens (tertiary/aromatic N) is 2. The predicted octanol–water partition coefficient (Wildman–Crippen LogP) is 5.59. The molecule has 0 aromatic heterocycles. The van der Waals surface area contributed by atoms with E-state index in [1.54, 1.807) is 72.7 Å². The van der Waals surface area contributed by atoms with Crippen molar-refractivity contribution < 1.29 is 23.8 Å². The quantitative estimate of drug-likeness (QED) is 0.350. The molecule has 0 N–H and O–H groups in total. The van der Waals surface area contributed by atoms with Crippen molar-refractivity contribution in [3.8, 4) is 17.2 Å². The zero-order valence-corrected chi connectivity index (χ0v) is 20.8. The summed E-state index contributed by atoms with van der Waals surface area (Å²) in [6.45, 7) is 5.98. The number of anilines is 1. The second-order valence-electron chi connectivity index (χ2n) is 9.24. The van der Waals surface area contributed by atoms with E-state index < -0.39 is 11.5 Å². The van der Waals surface area contributed by atoms with Crippen LogP contribution < -0.4 is 19.1 Å². The number of carbonyl (C=O) groups is 2. The second-order valence-corrected chi connectivity index (χ2v) is 9.24. The van der Waals surface area contributed by atoms with Gasteiger partial charge in [-0.15, -0.1) is 0 Å². The summed E-state index contributed by atoms with van der Waals surface area (Å²) in [7, 11) is 3.10. The van der Waals surface area contributed by atoms with Crippen molar-refractivity contribution in [1.82, 2.24) is 0 Å². The first-order valence-electron chi connectivity index (χ1n) is 11.5. The summed E-state index contributed by atoms with van der Waals surface area (Å²) >= 11 is 0. The van der Waals surface area contributed by atoms with Crippen molar-refractivity contribution in [3.05, 3.63) is 83.4 Å². The van der Waals surface area contributed by atoms with Crippen LogP contribution in [0, 0.1) is 0 Å². The molecule has 2 aliphatic heterocycles. The SMILES string of the molecule is COc1ccc(N=C2C(=O)N3c4c(cc(OC(=O)c5ccccc5OC)cc42)C(C)=CC3(C)C)cc1. The Morgan fingerprint density at radius 2 is 1.61 bits per heavy atom. The molecule has 1 amide bonds. The van der Waals surface area contributed by atoms with Crippen molar-refractivity contribution in [1.29, 1.82) is 0 Å². The summed E-state index contributed by atoms with van der Waals surface area (Å²) in [5.74, 6) is 0.691. The molecule has 2 aliphatic rings. The maximum absolute atomic E-state index is 13.7. The highest BCUT2D eigenvalue weighted by atomic mass is 16.5. The van der Waals surface area contributed by atoms with Crippen LogP contribution in [0.3, 0.4) is 0 Å². The summed E-state index contributed by atoms with van der Waals surface area (Å²) in [4.78, 5) is 33.2. The first kappa shape index (κ1) is 23.4. The fourth-order valence-electron chi connectivity index (χ4n) is 4.80. The highest BCUT2D eigenvalue weighted by Gasteiger charge is 2.45. The molecule has 3 aromatic carbocycles. The van der Waals surface area contributed by atoms with Gasteiger partial charge in [-0.25, -0.2) is 9.79 Å². The molecular formula is C29H26N2O5. The van der Waals surface area contributed by atoms with Crippen molar-refractivity contribution in [2.24, 2.45) is 4.99 Å². The third-order valence-electron chi connectivity index (χ3n) is 6.39. The molecule has 5 rings (SSSR count). The number of ether oxygens (including phenoxy) is 3. The lowest BCUT2D eigenvalue weighted by atomic mass is 9.89. The average Bonchev–Trinajstić information content (AvgIpc) is 3.15. The number of carbonyl (C=O) groups excluding carboxylic acids is 2. The molecule has 0 radical (unpaired) electrons. The number of allylic oxidation sites excluding steroid dienone is 1. The molecular weight excluding hydrogens is 456 g/mol. The van der Waals surface area contributed by atoms with Gasteiger partial charge in [-0.3, -0.25) is 9.69 Å². The number of aliphatic imine (C=N–C) groups is 1. The Morgan fingerprint density at radius 1 is 0.917 bits per heavy atom. The first-order valence-corrected chi connectivity index (χ1v) is 11.5. The van der Waals surface area contributed by atoms with Gasteiger partial charge >= 0.3 is 5.97 Å². The molecule has 0 unspecified atom stereocenters. The molecule has 2 heterocycles. The highest BCUT2D eigenvalue weighted by molar-refractivity contribution is 6.55. The van der Waals surface area contributed by atoms with Gasteiger partial charge in [0.25, 0.3) is 5.91 Å². The van der Waals surface area contributed by atoms with E-state index >= 15 is 0 Å². The molecule has 7 heteroatoms. The van der Waals surface area contributed by atoms with Gasteiger partial charge < -0.3 is 14.2 Å². The van der Waals surface area contributed by atoms with Gasteiger partial charge in [0.2, 0.25) is 0 Å². The van der Waals surface area contributed by atoms with E-state index in [0.29, 0.717) is 39.8 Å². The molecule has 0 saturated carbocycles. The molecule has 7 nitrogen and oxygen atoms in total. The normalized spacial score (nSPS) is 16.5. The summed E-state index contributed by atoms with van der Waals surface area (Å²) in [6.07, 6.45) is 2.04. The number of rotatable bonds is 5. The van der Waals surface area contributed by atoms with Gasteiger partial charge in [0.15, 0.2) is 0 Å². The number of methoxy groups -OCH3 is 2. The van der Waals surface area contributed by atoms with E-state index in [0.717, 1.165) is 16.8 Å².